The van der Waals surface area contributed by atoms with Crippen LogP contribution in [0.2, 0.25) is 0 Å². The molecule has 0 bridgehead atoms. The van der Waals surface area contributed by atoms with Crippen LogP contribution in [0.3, 0.4) is 0 Å². The van der Waals surface area contributed by atoms with Crippen LogP contribution in [0.4, 0.5) is 0 Å². The van der Waals surface area contributed by atoms with Crippen LogP contribution in [0.15, 0.2) is 60.7 Å². The van der Waals surface area contributed by atoms with Crippen molar-refractivity contribution in [2.75, 3.05) is 6.54 Å². The first-order valence-corrected chi connectivity index (χ1v) is 10.9. The zero-order chi connectivity index (χ0) is 24.4. The molecule has 0 radical (unpaired) electrons. The maximum atomic E-state index is 13.0. The van der Waals surface area contributed by atoms with Crippen LogP contribution in [0.5, 0.6) is 0 Å². The molecule has 2 aromatic rings. The molecule has 0 spiro atoms. The molecule has 0 saturated carbocycles. The molecule has 176 valence electrons. The van der Waals surface area contributed by atoms with E-state index in [0.717, 1.165) is 0 Å². The van der Waals surface area contributed by atoms with Crippen LogP contribution in [0.25, 0.3) is 0 Å². The molecule has 2 aromatic carbocycles. The first-order chi connectivity index (χ1) is 15.7. The summed E-state index contributed by atoms with van der Waals surface area (Å²) in [5.41, 5.74) is 6.39. The van der Waals surface area contributed by atoms with Crippen molar-refractivity contribution in [2.24, 2.45) is 11.7 Å². The first kappa shape index (κ1) is 25.7. The van der Waals surface area contributed by atoms with Gasteiger partial charge in [-0.05, 0) is 31.4 Å². The van der Waals surface area contributed by atoms with Crippen molar-refractivity contribution in [2.45, 2.75) is 45.4 Å². The van der Waals surface area contributed by atoms with Crippen LogP contribution in [0.1, 0.15) is 49.2 Å². The Morgan fingerprint density at radius 1 is 0.879 bits per heavy atom. The number of hydrogen-bond donors (Lipinski definition) is 3. The van der Waals surface area contributed by atoms with Crippen LogP contribution in [-0.2, 0) is 19.1 Å². The minimum Gasteiger partial charge on any atom is -0.446 e. The van der Waals surface area contributed by atoms with Gasteiger partial charge < -0.3 is 21.1 Å². The lowest BCUT2D eigenvalue weighted by molar-refractivity contribution is -0.132. The second kappa shape index (κ2) is 12.5. The average molecular weight is 454 g/mol. The molecular weight excluding hydrogens is 422 g/mol. The summed E-state index contributed by atoms with van der Waals surface area (Å²) in [6.45, 7) is 4.98. The number of benzene rings is 2. The first-order valence-electron chi connectivity index (χ1n) is 10.9. The normalized spacial score (nSPS) is 13.5. The number of carbonyl (C=O) groups is 4. The highest BCUT2D eigenvalue weighted by atomic mass is 16.5. The number of carbonyl (C=O) groups excluding carboxylic acids is 4. The summed E-state index contributed by atoms with van der Waals surface area (Å²) in [5.74, 6) is -1.99. The van der Waals surface area contributed by atoms with Crippen molar-refractivity contribution >= 4 is 23.6 Å². The lowest BCUT2D eigenvalue weighted by Crippen LogP contribution is -2.52. The maximum Gasteiger partial charge on any atom is 0.339 e. The Kier molecular flexibility index (Phi) is 9.75. The molecule has 2 rings (SSSR count). The molecule has 8 heteroatoms. The highest BCUT2D eigenvalue weighted by molar-refractivity contribution is 5.96. The van der Waals surface area contributed by atoms with E-state index in [1.165, 1.54) is 6.92 Å². The van der Waals surface area contributed by atoms with Gasteiger partial charge in [0.2, 0.25) is 11.8 Å². The van der Waals surface area contributed by atoms with Crippen LogP contribution >= 0.6 is 0 Å². The second-order valence-corrected chi connectivity index (χ2v) is 8.23. The largest absolute Gasteiger partial charge is 0.446 e. The maximum absolute atomic E-state index is 13.0. The Hall–Kier alpha value is -3.52. The van der Waals surface area contributed by atoms with Gasteiger partial charge in [0.15, 0.2) is 11.9 Å². The number of nitrogens with one attached hydrogen (secondary N) is 2. The Bertz CT molecular complexity index is 945. The van der Waals surface area contributed by atoms with Crippen molar-refractivity contribution in [3.05, 3.63) is 71.8 Å². The third-order valence-electron chi connectivity index (χ3n) is 4.82. The van der Waals surface area contributed by atoms with Gasteiger partial charge in [-0.1, -0.05) is 62.4 Å². The van der Waals surface area contributed by atoms with Gasteiger partial charge >= 0.3 is 5.97 Å². The van der Waals surface area contributed by atoms with E-state index >= 15 is 0 Å². The van der Waals surface area contributed by atoms with Gasteiger partial charge in [0.1, 0.15) is 6.04 Å². The van der Waals surface area contributed by atoms with E-state index in [1.807, 2.05) is 13.8 Å². The number of ketones is 1. The standard InChI is InChI=1S/C25H31N3O5/c1-16(2)14-20(28-23(30)17(3)26)24(31)27-15-21(29)22(18-10-6-4-7-11-18)33-25(32)19-12-8-5-9-13-19/h4-13,16-17,20,22H,14-15,26H2,1-3H3,(H,27,31)(H,28,30)/t17-,20-,22?/m0/s1. The second-order valence-electron chi connectivity index (χ2n) is 8.23. The number of hydrogen-bond acceptors (Lipinski definition) is 6. The van der Waals surface area contributed by atoms with E-state index in [1.54, 1.807) is 60.7 Å². The number of amides is 2. The molecule has 0 aliphatic carbocycles. The van der Waals surface area contributed by atoms with Gasteiger partial charge in [0.25, 0.3) is 0 Å². The minimum atomic E-state index is -1.19. The fraction of sp³-hybridized carbons (Fsp3) is 0.360. The lowest BCUT2D eigenvalue weighted by atomic mass is 10.0. The topological polar surface area (TPSA) is 128 Å². The number of Topliss-reactive ketones (excluding diaryl/α,β-unsaturated/α-hetero) is 1. The minimum absolute atomic E-state index is 0.119. The molecule has 33 heavy (non-hydrogen) atoms. The summed E-state index contributed by atoms with van der Waals surface area (Å²) in [6.07, 6.45) is -0.815. The number of ether oxygens (including phenoxy) is 1. The summed E-state index contributed by atoms with van der Waals surface area (Å²) in [6, 6.07) is 15.3. The summed E-state index contributed by atoms with van der Waals surface area (Å²) >= 11 is 0. The van der Waals surface area contributed by atoms with Crippen molar-refractivity contribution in [1.29, 1.82) is 0 Å². The lowest BCUT2D eigenvalue weighted by Gasteiger charge is -2.22. The van der Waals surface area contributed by atoms with E-state index in [0.29, 0.717) is 17.5 Å². The molecule has 0 heterocycles. The fourth-order valence-corrected chi connectivity index (χ4v) is 3.09. The zero-order valence-corrected chi connectivity index (χ0v) is 19.1. The Labute approximate surface area is 193 Å². The quantitative estimate of drug-likeness (QED) is 0.447. The van der Waals surface area contributed by atoms with E-state index < -0.39 is 41.8 Å². The molecule has 0 fully saturated rings. The SMILES string of the molecule is CC(C)C[C@H](NC(=O)[C@H](C)N)C(=O)NCC(=O)C(OC(=O)c1ccccc1)c1ccccc1. The molecule has 0 saturated heterocycles. The van der Waals surface area contributed by atoms with Crippen molar-refractivity contribution in [3.63, 3.8) is 0 Å². The third kappa shape index (κ3) is 8.16. The van der Waals surface area contributed by atoms with Crippen LogP contribution < -0.4 is 16.4 Å². The predicted octanol–water partition coefficient (Wildman–Crippen LogP) is 2.15. The average Bonchev–Trinajstić information content (AvgIpc) is 2.80. The van der Waals surface area contributed by atoms with E-state index in [9.17, 15) is 19.2 Å². The molecule has 3 atom stereocenters. The monoisotopic (exact) mass is 453 g/mol. The van der Waals surface area contributed by atoms with Gasteiger partial charge in [-0.3, -0.25) is 14.4 Å². The van der Waals surface area contributed by atoms with Gasteiger partial charge in [-0.15, -0.1) is 0 Å². The van der Waals surface area contributed by atoms with Gasteiger partial charge in [0.05, 0.1) is 18.2 Å². The molecule has 0 aliphatic heterocycles. The Morgan fingerprint density at radius 2 is 1.45 bits per heavy atom. The van der Waals surface area contributed by atoms with Crippen molar-refractivity contribution in [1.82, 2.24) is 10.6 Å². The highest BCUT2D eigenvalue weighted by Gasteiger charge is 2.28. The zero-order valence-electron chi connectivity index (χ0n) is 19.1. The molecule has 0 aromatic heterocycles. The summed E-state index contributed by atoms with van der Waals surface area (Å²) in [5, 5.41) is 5.17. The molecule has 2 amide bonds. The Balaban J connectivity index is 2.11. The molecular formula is C25H31N3O5. The summed E-state index contributed by atoms with van der Waals surface area (Å²) < 4.78 is 5.51. The van der Waals surface area contributed by atoms with Gasteiger partial charge in [-0.2, -0.15) is 0 Å². The van der Waals surface area contributed by atoms with Crippen molar-refractivity contribution in [3.8, 4) is 0 Å². The molecule has 0 aliphatic rings. The predicted molar refractivity (Wildman–Crippen MR) is 124 cm³/mol. The fourth-order valence-electron chi connectivity index (χ4n) is 3.09. The van der Waals surface area contributed by atoms with Gasteiger partial charge in [-0.25, -0.2) is 4.79 Å². The number of rotatable bonds is 11. The van der Waals surface area contributed by atoms with E-state index in [2.05, 4.69) is 10.6 Å². The summed E-state index contributed by atoms with van der Waals surface area (Å²) in [4.78, 5) is 50.3. The van der Waals surface area contributed by atoms with Crippen LogP contribution in [-0.4, -0.2) is 42.2 Å². The van der Waals surface area contributed by atoms with E-state index in [-0.39, 0.29) is 12.5 Å². The highest BCUT2D eigenvalue weighted by Crippen LogP contribution is 2.20. The Morgan fingerprint density at radius 3 is 2.00 bits per heavy atom. The van der Waals surface area contributed by atoms with E-state index in [4.69, 9.17) is 10.5 Å². The van der Waals surface area contributed by atoms with Crippen LogP contribution in [0, 0.1) is 5.92 Å². The number of nitrogens with two attached hydrogens (primary N) is 1. The van der Waals surface area contributed by atoms with Gasteiger partial charge in [0, 0.05) is 5.56 Å². The smallest absolute Gasteiger partial charge is 0.339 e. The molecule has 4 N–H and O–H groups in total. The third-order valence-corrected chi connectivity index (χ3v) is 4.82. The van der Waals surface area contributed by atoms with Crippen molar-refractivity contribution < 1.29 is 23.9 Å². The number of esters is 1. The summed E-state index contributed by atoms with van der Waals surface area (Å²) in [7, 11) is 0. The molecule has 8 nitrogen and oxygen atoms in total. The molecule has 1 unspecified atom stereocenters.